The monoisotopic (exact) mass is 221 g/mol. The Bertz CT molecular complexity index is 329. The van der Waals surface area contributed by atoms with Gasteiger partial charge in [0.1, 0.15) is 6.04 Å². The average Bonchev–Trinajstić information content (AvgIpc) is 3.10. The number of allylic oxidation sites excluding steroid dienone is 2. The quantitative estimate of drug-likeness (QED) is 0.773. The fourth-order valence-corrected chi connectivity index (χ4v) is 2.37. The lowest BCUT2D eigenvalue weighted by Crippen LogP contribution is -2.43. The summed E-state index contributed by atoms with van der Waals surface area (Å²) in [5, 5.41) is 9.39. The van der Waals surface area contributed by atoms with Gasteiger partial charge in [-0.3, -0.25) is 9.69 Å². The van der Waals surface area contributed by atoms with Crippen LogP contribution in [0.3, 0.4) is 0 Å². The molecule has 0 aromatic heterocycles. The van der Waals surface area contributed by atoms with Crippen molar-refractivity contribution in [1.82, 2.24) is 4.90 Å². The van der Waals surface area contributed by atoms with Crippen molar-refractivity contribution in [3.63, 3.8) is 0 Å². The summed E-state index contributed by atoms with van der Waals surface area (Å²) in [5.41, 5.74) is 0.965. The first-order valence-electron chi connectivity index (χ1n) is 6.09. The van der Waals surface area contributed by atoms with Crippen LogP contribution in [0.25, 0.3) is 0 Å². The zero-order chi connectivity index (χ0) is 11.5. The summed E-state index contributed by atoms with van der Waals surface area (Å²) in [6.07, 6.45) is 10.4. The first kappa shape index (κ1) is 11.4. The summed E-state index contributed by atoms with van der Waals surface area (Å²) in [5.74, 6) is -0.716. The van der Waals surface area contributed by atoms with Crippen LogP contribution in [-0.4, -0.2) is 34.6 Å². The smallest absolute Gasteiger partial charge is 0.325 e. The fraction of sp³-hybridized carbons (Fsp3) is 0.615. The van der Waals surface area contributed by atoms with E-state index in [0.717, 1.165) is 37.8 Å². The number of rotatable bonds is 5. The highest BCUT2D eigenvalue weighted by Crippen LogP contribution is 2.31. The second-order valence-corrected chi connectivity index (χ2v) is 4.49. The van der Waals surface area contributed by atoms with Crippen molar-refractivity contribution >= 4 is 5.97 Å². The van der Waals surface area contributed by atoms with Crippen molar-refractivity contribution in [3.8, 4) is 0 Å². The molecular weight excluding hydrogens is 202 g/mol. The van der Waals surface area contributed by atoms with E-state index in [-0.39, 0.29) is 0 Å². The van der Waals surface area contributed by atoms with Gasteiger partial charge in [0.05, 0.1) is 0 Å². The Kier molecular flexibility index (Phi) is 3.44. The normalized spacial score (nSPS) is 22.0. The van der Waals surface area contributed by atoms with E-state index < -0.39 is 12.0 Å². The predicted octanol–water partition coefficient (Wildman–Crippen LogP) is 2.20. The molecule has 2 rings (SSSR count). The zero-order valence-electron chi connectivity index (χ0n) is 9.72. The molecule has 0 bridgehead atoms. The summed E-state index contributed by atoms with van der Waals surface area (Å²) in [6.45, 7) is 2.86. The maximum atomic E-state index is 11.4. The zero-order valence-corrected chi connectivity index (χ0v) is 9.72. The number of nitrogens with zero attached hydrogens (tertiary/aromatic N) is 1. The topological polar surface area (TPSA) is 40.5 Å². The third-order valence-corrected chi connectivity index (χ3v) is 3.29. The Morgan fingerprint density at radius 2 is 2.31 bits per heavy atom. The van der Waals surface area contributed by atoms with E-state index in [4.69, 9.17) is 0 Å². The number of hydrogen-bond donors (Lipinski definition) is 1. The van der Waals surface area contributed by atoms with E-state index in [2.05, 4.69) is 17.1 Å². The molecule has 2 aliphatic rings. The SMILES string of the molecule is CCN(C1CC1)C(C(=O)O)C1=CCCC=C1. The van der Waals surface area contributed by atoms with Gasteiger partial charge in [0, 0.05) is 6.04 Å². The average molecular weight is 221 g/mol. The van der Waals surface area contributed by atoms with Crippen molar-refractivity contribution in [2.45, 2.75) is 44.7 Å². The molecule has 1 atom stereocenters. The molecule has 0 aromatic carbocycles. The highest BCUT2D eigenvalue weighted by Gasteiger charge is 2.37. The molecule has 1 fully saturated rings. The molecule has 2 aliphatic carbocycles. The van der Waals surface area contributed by atoms with Crippen molar-refractivity contribution in [2.75, 3.05) is 6.54 Å². The Labute approximate surface area is 96.4 Å². The molecule has 1 saturated carbocycles. The number of hydrogen-bond acceptors (Lipinski definition) is 2. The van der Waals surface area contributed by atoms with E-state index >= 15 is 0 Å². The molecule has 1 N–H and O–H groups in total. The van der Waals surface area contributed by atoms with Crippen molar-refractivity contribution in [2.24, 2.45) is 0 Å². The number of likely N-dealkylation sites (N-methyl/N-ethyl adjacent to an activating group) is 1. The van der Waals surface area contributed by atoms with Gasteiger partial charge in [-0.15, -0.1) is 0 Å². The number of aliphatic carboxylic acids is 1. The standard InChI is InChI=1S/C13H19NO2/c1-2-14(11-8-9-11)12(13(15)16)10-6-4-3-5-7-10/h4,6-7,11-12H,2-3,5,8-9H2,1H3,(H,15,16). The van der Waals surface area contributed by atoms with Gasteiger partial charge in [0.25, 0.3) is 0 Å². The van der Waals surface area contributed by atoms with Crippen LogP contribution in [0.4, 0.5) is 0 Å². The van der Waals surface area contributed by atoms with Crippen molar-refractivity contribution in [1.29, 1.82) is 0 Å². The lowest BCUT2D eigenvalue weighted by atomic mass is 9.98. The van der Waals surface area contributed by atoms with Gasteiger partial charge in [-0.2, -0.15) is 0 Å². The van der Waals surface area contributed by atoms with E-state index in [1.165, 1.54) is 0 Å². The highest BCUT2D eigenvalue weighted by atomic mass is 16.4. The molecule has 0 amide bonds. The van der Waals surface area contributed by atoms with Crippen molar-refractivity contribution < 1.29 is 9.90 Å². The van der Waals surface area contributed by atoms with Crippen LogP contribution in [0.5, 0.6) is 0 Å². The number of carbonyl (C=O) groups is 1. The highest BCUT2D eigenvalue weighted by molar-refractivity contribution is 5.78. The molecule has 16 heavy (non-hydrogen) atoms. The van der Waals surface area contributed by atoms with Crippen LogP contribution in [0, 0.1) is 0 Å². The van der Waals surface area contributed by atoms with Gasteiger partial charge in [-0.05, 0) is 37.8 Å². The van der Waals surface area contributed by atoms with Gasteiger partial charge in [-0.25, -0.2) is 0 Å². The van der Waals surface area contributed by atoms with Crippen LogP contribution in [0.1, 0.15) is 32.6 Å². The fourth-order valence-electron chi connectivity index (χ4n) is 2.37. The second kappa shape index (κ2) is 4.83. The summed E-state index contributed by atoms with van der Waals surface area (Å²) in [4.78, 5) is 13.5. The van der Waals surface area contributed by atoms with Crippen LogP contribution in [-0.2, 0) is 4.79 Å². The van der Waals surface area contributed by atoms with Crippen molar-refractivity contribution in [3.05, 3.63) is 23.8 Å². The molecule has 0 aromatic rings. The van der Waals surface area contributed by atoms with E-state index in [1.807, 2.05) is 13.0 Å². The van der Waals surface area contributed by atoms with Crippen LogP contribution in [0.2, 0.25) is 0 Å². The van der Waals surface area contributed by atoms with E-state index in [1.54, 1.807) is 0 Å². The minimum absolute atomic E-state index is 0.436. The van der Waals surface area contributed by atoms with Crippen LogP contribution in [0.15, 0.2) is 23.8 Å². The molecule has 0 spiro atoms. The number of carboxylic acid groups (broad SMARTS) is 1. The summed E-state index contributed by atoms with van der Waals surface area (Å²) < 4.78 is 0. The first-order chi connectivity index (χ1) is 7.74. The van der Waals surface area contributed by atoms with Gasteiger partial charge < -0.3 is 5.11 Å². The maximum Gasteiger partial charge on any atom is 0.325 e. The predicted molar refractivity (Wildman–Crippen MR) is 63.3 cm³/mol. The molecule has 0 heterocycles. The first-order valence-corrected chi connectivity index (χ1v) is 6.09. The molecule has 0 saturated heterocycles. The van der Waals surface area contributed by atoms with Gasteiger partial charge in [0.15, 0.2) is 0 Å². The Morgan fingerprint density at radius 1 is 1.56 bits per heavy atom. The third kappa shape index (κ3) is 2.35. The summed E-state index contributed by atoms with van der Waals surface area (Å²) >= 11 is 0. The Morgan fingerprint density at radius 3 is 2.75 bits per heavy atom. The minimum Gasteiger partial charge on any atom is -0.480 e. The Balaban J connectivity index is 2.18. The summed E-state index contributed by atoms with van der Waals surface area (Å²) in [6, 6.07) is 0.0522. The minimum atomic E-state index is -0.716. The largest absolute Gasteiger partial charge is 0.480 e. The molecule has 3 heteroatoms. The lowest BCUT2D eigenvalue weighted by Gasteiger charge is -2.29. The molecular formula is C13H19NO2. The van der Waals surface area contributed by atoms with Crippen LogP contribution >= 0.6 is 0 Å². The second-order valence-electron chi connectivity index (χ2n) is 4.49. The third-order valence-electron chi connectivity index (χ3n) is 3.29. The molecule has 88 valence electrons. The molecule has 0 aliphatic heterocycles. The molecule has 1 unspecified atom stereocenters. The molecule has 3 nitrogen and oxygen atoms in total. The van der Waals surface area contributed by atoms with E-state index in [9.17, 15) is 9.90 Å². The van der Waals surface area contributed by atoms with Crippen LogP contribution < -0.4 is 0 Å². The Hall–Kier alpha value is -1.09. The maximum absolute atomic E-state index is 11.4. The molecule has 0 radical (unpaired) electrons. The van der Waals surface area contributed by atoms with Gasteiger partial charge in [0.2, 0.25) is 0 Å². The van der Waals surface area contributed by atoms with Gasteiger partial charge >= 0.3 is 5.97 Å². The van der Waals surface area contributed by atoms with Gasteiger partial charge in [-0.1, -0.05) is 25.2 Å². The lowest BCUT2D eigenvalue weighted by molar-refractivity contribution is -0.141. The number of carboxylic acids is 1. The van der Waals surface area contributed by atoms with E-state index in [0.29, 0.717) is 6.04 Å². The summed E-state index contributed by atoms with van der Waals surface area (Å²) in [7, 11) is 0.